The summed E-state index contributed by atoms with van der Waals surface area (Å²) in [6.07, 6.45) is 0.737. The summed E-state index contributed by atoms with van der Waals surface area (Å²) in [7, 11) is 0. The minimum absolute atomic E-state index is 0.0892. The van der Waals surface area contributed by atoms with Gasteiger partial charge in [-0.25, -0.2) is 0 Å². The number of hydrazine groups is 1. The van der Waals surface area contributed by atoms with Gasteiger partial charge in [0.1, 0.15) is 5.75 Å². The van der Waals surface area contributed by atoms with Crippen LogP contribution in [-0.4, -0.2) is 29.1 Å². The van der Waals surface area contributed by atoms with Crippen molar-refractivity contribution in [2.45, 2.75) is 32.3 Å². The molecule has 1 unspecified atom stereocenters. The van der Waals surface area contributed by atoms with Gasteiger partial charge < -0.3 is 9.84 Å². The fraction of sp³-hybridized carbons (Fsp3) is 0.350. The van der Waals surface area contributed by atoms with Crippen molar-refractivity contribution in [2.24, 2.45) is 0 Å². The molecule has 0 radical (unpaired) electrons. The SMILES string of the molecule is CC(O)c1cc(OCCCC(=O)NN2CCc3ccccc32)ccc1[N+](=O)[O-]. The van der Waals surface area contributed by atoms with Crippen LogP contribution in [0.5, 0.6) is 5.75 Å². The van der Waals surface area contributed by atoms with Gasteiger partial charge >= 0.3 is 0 Å². The molecule has 2 N–H and O–H groups in total. The minimum Gasteiger partial charge on any atom is -0.494 e. The maximum atomic E-state index is 12.2. The number of carbonyl (C=O) groups excluding carboxylic acids is 1. The average Bonchev–Trinajstić information content (AvgIpc) is 3.08. The van der Waals surface area contributed by atoms with Gasteiger partial charge in [-0.15, -0.1) is 0 Å². The van der Waals surface area contributed by atoms with Crippen molar-refractivity contribution in [3.8, 4) is 5.75 Å². The molecule has 0 spiro atoms. The first-order valence-electron chi connectivity index (χ1n) is 9.20. The number of benzene rings is 2. The minimum atomic E-state index is -0.974. The number of aliphatic hydroxyl groups is 1. The van der Waals surface area contributed by atoms with Gasteiger partial charge in [-0.05, 0) is 43.5 Å². The van der Waals surface area contributed by atoms with E-state index >= 15 is 0 Å². The molecule has 28 heavy (non-hydrogen) atoms. The Morgan fingerprint density at radius 3 is 2.89 bits per heavy atom. The number of amides is 1. The summed E-state index contributed by atoms with van der Waals surface area (Å²) in [6, 6.07) is 12.2. The number of fused-ring (bicyclic) bond motifs is 1. The second kappa shape index (κ2) is 8.71. The number of carbonyl (C=O) groups is 1. The van der Waals surface area contributed by atoms with Crippen molar-refractivity contribution < 1.29 is 19.6 Å². The molecular weight excluding hydrogens is 362 g/mol. The number of rotatable bonds is 8. The summed E-state index contributed by atoms with van der Waals surface area (Å²) >= 11 is 0. The highest BCUT2D eigenvalue weighted by Crippen LogP contribution is 2.29. The molecule has 1 aliphatic heterocycles. The van der Waals surface area contributed by atoms with Gasteiger partial charge in [-0.3, -0.25) is 25.3 Å². The van der Waals surface area contributed by atoms with Crippen molar-refractivity contribution in [3.05, 3.63) is 63.7 Å². The Morgan fingerprint density at radius 2 is 2.14 bits per heavy atom. The molecule has 1 amide bonds. The summed E-state index contributed by atoms with van der Waals surface area (Å²) in [5.41, 5.74) is 5.22. The first kappa shape index (κ1) is 19.6. The lowest BCUT2D eigenvalue weighted by atomic mass is 10.1. The van der Waals surface area contributed by atoms with E-state index in [2.05, 4.69) is 11.5 Å². The maximum Gasteiger partial charge on any atom is 0.275 e. The van der Waals surface area contributed by atoms with Gasteiger partial charge in [0.25, 0.3) is 5.69 Å². The van der Waals surface area contributed by atoms with Crippen molar-refractivity contribution in [1.29, 1.82) is 0 Å². The van der Waals surface area contributed by atoms with Crippen LogP contribution in [0.15, 0.2) is 42.5 Å². The molecule has 0 saturated carbocycles. The van der Waals surface area contributed by atoms with Crippen LogP contribution in [0.1, 0.15) is 37.0 Å². The molecule has 2 aromatic rings. The summed E-state index contributed by atoms with van der Waals surface area (Å²) in [5, 5.41) is 22.6. The van der Waals surface area contributed by atoms with Crippen molar-refractivity contribution in [2.75, 3.05) is 18.2 Å². The molecule has 0 saturated heterocycles. The van der Waals surface area contributed by atoms with E-state index in [0.29, 0.717) is 25.2 Å². The number of anilines is 1. The maximum absolute atomic E-state index is 12.2. The number of nitro benzene ring substituents is 1. The van der Waals surface area contributed by atoms with Crippen LogP contribution in [0.4, 0.5) is 11.4 Å². The summed E-state index contributed by atoms with van der Waals surface area (Å²) in [4.78, 5) is 22.6. The Morgan fingerprint density at radius 1 is 1.36 bits per heavy atom. The molecule has 8 nitrogen and oxygen atoms in total. The Bertz CT molecular complexity index is 869. The highest BCUT2D eigenvalue weighted by molar-refractivity contribution is 5.78. The first-order chi connectivity index (χ1) is 13.5. The third-order valence-electron chi connectivity index (χ3n) is 4.61. The standard InChI is InChI=1S/C20H23N3O5/c1-14(24)17-13-16(8-9-19(17)23(26)27)28-12-4-7-20(25)21-22-11-10-15-5-2-3-6-18(15)22/h2-3,5-6,8-9,13-14,24H,4,7,10-12H2,1H3,(H,21,25). The number of aliphatic hydroxyl groups excluding tert-OH is 1. The topological polar surface area (TPSA) is 105 Å². The second-order valence-corrected chi connectivity index (χ2v) is 6.67. The number of nitrogens with zero attached hydrogens (tertiary/aromatic N) is 2. The lowest BCUT2D eigenvalue weighted by Crippen LogP contribution is -2.41. The van der Waals surface area contributed by atoms with Gasteiger partial charge in [-0.1, -0.05) is 18.2 Å². The van der Waals surface area contributed by atoms with Crippen LogP contribution in [0.3, 0.4) is 0 Å². The summed E-state index contributed by atoms with van der Waals surface area (Å²) in [5.74, 6) is 0.337. The van der Waals surface area contributed by atoms with E-state index in [1.807, 2.05) is 23.2 Å². The lowest BCUT2D eigenvalue weighted by molar-refractivity contribution is -0.386. The zero-order valence-electron chi connectivity index (χ0n) is 15.6. The third-order valence-corrected chi connectivity index (χ3v) is 4.61. The molecule has 1 heterocycles. The molecule has 1 atom stereocenters. The van der Waals surface area contributed by atoms with Crippen LogP contribution in [-0.2, 0) is 11.2 Å². The highest BCUT2D eigenvalue weighted by Gasteiger charge is 2.20. The third kappa shape index (κ3) is 4.58. The molecule has 0 bridgehead atoms. The molecular formula is C20H23N3O5. The number of hydrogen-bond acceptors (Lipinski definition) is 6. The fourth-order valence-electron chi connectivity index (χ4n) is 3.21. The zero-order chi connectivity index (χ0) is 20.1. The van der Waals surface area contributed by atoms with E-state index in [1.54, 1.807) is 0 Å². The van der Waals surface area contributed by atoms with Crippen molar-refractivity contribution in [1.82, 2.24) is 5.43 Å². The smallest absolute Gasteiger partial charge is 0.275 e. The number of hydrogen-bond donors (Lipinski definition) is 2. The quantitative estimate of drug-likeness (QED) is 0.411. The van der Waals surface area contributed by atoms with Gasteiger partial charge in [-0.2, -0.15) is 0 Å². The van der Waals surface area contributed by atoms with Crippen LogP contribution in [0.2, 0.25) is 0 Å². The first-order valence-corrected chi connectivity index (χ1v) is 9.20. The van der Waals surface area contributed by atoms with Gasteiger partial charge in [0.05, 0.1) is 28.9 Å². The van der Waals surface area contributed by atoms with E-state index in [0.717, 1.165) is 18.7 Å². The van der Waals surface area contributed by atoms with Gasteiger partial charge in [0.2, 0.25) is 5.91 Å². The predicted molar refractivity (Wildman–Crippen MR) is 104 cm³/mol. The lowest BCUT2D eigenvalue weighted by Gasteiger charge is -2.20. The number of para-hydroxylation sites is 1. The van der Waals surface area contributed by atoms with Crippen LogP contribution < -0.4 is 15.2 Å². The predicted octanol–water partition coefficient (Wildman–Crippen LogP) is 2.90. The van der Waals surface area contributed by atoms with E-state index in [4.69, 9.17) is 4.74 Å². The fourth-order valence-corrected chi connectivity index (χ4v) is 3.21. The molecule has 3 rings (SSSR count). The normalized spacial score (nSPS) is 13.7. The van der Waals surface area contributed by atoms with E-state index in [1.165, 1.54) is 30.7 Å². The van der Waals surface area contributed by atoms with Gasteiger partial charge in [0, 0.05) is 19.0 Å². The Kier molecular flexibility index (Phi) is 6.10. The van der Waals surface area contributed by atoms with Crippen molar-refractivity contribution in [3.63, 3.8) is 0 Å². The molecule has 8 heteroatoms. The van der Waals surface area contributed by atoms with Crippen LogP contribution >= 0.6 is 0 Å². The monoisotopic (exact) mass is 385 g/mol. The highest BCUT2D eigenvalue weighted by atomic mass is 16.6. The summed E-state index contributed by atoms with van der Waals surface area (Å²) < 4.78 is 5.58. The second-order valence-electron chi connectivity index (χ2n) is 6.67. The molecule has 0 aliphatic carbocycles. The number of ether oxygens (including phenoxy) is 1. The molecule has 148 valence electrons. The van der Waals surface area contributed by atoms with E-state index in [9.17, 15) is 20.0 Å². The number of nitro groups is 1. The van der Waals surface area contributed by atoms with Crippen LogP contribution in [0.25, 0.3) is 0 Å². The van der Waals surface area contributed by atoms with E-state index < -0.39 is 11.0 Å². The van der Waals surface area contributed by atoms with Gasteiger partial charge in [0.15, 0.2) is 0 Å². The molecule has 2 aromatic carbocycles. The zero-order valence-corrected chi connectivity index (χ0v) is 15.6. The molecule has 0 fully saturated rings. The average molecular weight is 385 g/mol. The largest absolute Gasteiger partial charge is 0.494 e. The Balaban J connectivity index is 1.46. The number of nitrogens with one attached hydrogen (secondary N) is 1. The van der Waals surface area contributed by atoms with Crippen LogP contribution in [0, 0.1) is 10.1 Å². The van der Waals surface area contributed by atoms with E-state index in [-0.39, 0.29) is 17.2 Å². The molecule has 1 aliphatic rings. The van der Waals surface area contributed by atoms with Crippen molar-refractivity contribution >= 4 is 17.3 Å². The molecule has 0 aromatic heterocycles. The Labute approximate surface area is 162 Å². The Hall–Kier alpha value is -3.13. The summed E-state index contributed by atoms with van der Waals surface area (Å²) in [6.45, 7) is 2.51.